The third-order valence-corrected chi connectivity index (χ3v) is 13.7. The van der Waals surface area contributed by atoms with Gasteiger partial charge in [-0.25, -0.2) is 9.78 Å². The number of hydrogen-bond donors (Lipinski definition) is 1. The number of nitrogens with zero attached hydrogens (tertiary/aromatic N) is 14. The number of halogens is 5. The Morgan fingerprint density at radius 1 is 0.598 bits per heavy atom. The van der Waals surface area contributed by atoms with E-state index in [1.54, 1.807) is 94.7 Å². The highest BCUT2D eigenvalue weighted by molar-refractivity contribution is 9.10. The van der Waals surface area contributed by atoms with Gasteiger partial charge in [-0.05, 0) is 73.8 Å². The second-order valence-electron chi connectivity index (χ2n) is 17.5. The molecule has 3 aliphatic heterocycles. The number of carboxylic acids is 1. The molecule has 23 nitrogen and oxygen atoms in total. The van der Waals surface area contributed by atoms with Crippen molar-refractivity contribution in [3.05, 3.63) is 176 Å². The molecule has 0 radical (unpaired) electrons. The predicted octanol–water partition coefficient (Wildman–Crippen LogP) is 7.61. The number of ether oxygens (including phenoxy) is 3. The van der Waals surface area contributed by atoms with E-state index in [0.717, 1.165) is 20.6 Å². The number of carboxylic acid groups (broad SMARTS) is 1. The molecular weight excluding hydrogens is 1230 g/mol. The molecule has 0 aromatic carbocycles. The summed E-state index contributed by atoms with van der Waals surface area (Å²) >= 11 is 7.61. The first-order valence-corrected chi connectivity index (χ1v) is 27.3. The molecule has 8 aromatic rings. The lowest BCUT2D eigenvalue weighted by molar-refractivity contribution is -0.159. The van der Waals surface area contributed by atoms with Crippen molar-refractivity contribution in [2.75, 3.05) is 83.8 Å². The largest absolute Gasteiger partial charge is 0.478 e. The molecule has 0 saturated carbocycles. The molecule has 8 aromatic heterocycles. The number of thiophene rings is 1. The molecule has 82 heavy (non-hydrogen) atoms. The number of anilines is 2. The molecule has 11 rings (SSSR count). The van der Waals surface area contributed by atoms with Crippen molar-refractivity contribution in [1.82, 2.24) is 64.7 Å². The van der Waals surface area contributed by atoms with Gasteiger partial charge in [-0.2, -0.15) is 18.2 Å². The Balaban J connectivity index is 0.000000161. The van der Waals surface area contributed by atoms with E-state index in [1.165, 1.54) is 48.4 Å². The molecule has 11 heterocycles. The number of morpholine rings is 3. The first kappa shape index (κ1) is 60.0. The minimum atomic E-state index is -4.72. The maximum atomic E-state index is 13.0. The summed E-state index contributed by atoms with van der Waals surface area (Å²) < 4.78 is 60.1. The zero-order valence-electron chi connectivity index (χ0n) is 43.2. The molecule has 3 amide bonds. The van der Waals surface area contributed by atoms with E-state index in [4.69, 9.17) is 19.3 Å². The topological polar surface area (TPSA) is 271 Å². The van der Waals surface area contributed by atoms with Gasteiger partial charge in [0.25, 0.3) is 17.7 Å². The Morgan fingerprint density at radius 3 is 1.61 bits per heavy atom. The van der Waals surface area contributed by atoms with Crippen LogP contribution in [0.25, 0.3) is 10.7 Å². The van der Waals surface area contributed by atoms with E-state index in [-0.39, 0.29) is 35.7 Å². The number of carbonyl (C=O) groups excluding carboxylic acids is 3. The van der Waals surface area contributed by atoms with E-state index in [9.17, 15) is 32.3 Å². The minimum Gasteiger partial charge on any atom is -0.478 e. The molecule has 3 saturated heterocycles. The first-order valence-electron chi connectivity index (χ1n) is 24.9. The summed E-state index contributed by atoms with van der Waals surface area (Å²) in [5.41, 5.74) is 4.24. The predicted molar refractivity (Wildman–Crippen MR) is 295 cm³/mol. The van der Waals surface area contributed by atoms with Gasteiger partial charge in [0.2, 0.25) is 5.82 Å². The number of carbonyl (C=O) groups is 4. The molecule has 29 heteroatoms. The summed E-state index contributed by atoms with van der Waals surface area (Å²) in [6.45, 7) is 7.26. The summed E-state index contributed by atoms with van der Waals surface area (Å²) in [5.74, 6) is -2.13. The fourth-order valence-electron chi connectivity index (χ4n) is 7.84. The van der Waals surface area contributed by atoms with Gasteiger partial charge in [-0.1, -0.05) is 5.16 Å². The smallest absolute Gasteiger partial charge is 0.471 e. The quantitative estimate of drug-likeness (QED) is 0.130. The van der Waals surface area contributed by atoms with E-state index < -0.39 is 18.0 Å². The lowest BCUT2D eigenvalue weighted by atomic mass is 10.1. The third kappa shape index (κ3) is 17.5. The normalized spacial score (nSPS) is 14.2. The van der Waals surface area contributed by atoms with Crippen LogP contribution in [0.2, 0.25) is 0 Å². The van der Waals surface area contributed by atoms with Crippen LogP contribution in [-0.4, -0.2) is 172 Å². The van der Waals surface area contributed by atoms with Crippen molar-refractivity contribution in [3.8, 4) is 10.7 Å². The fourth-order valence-corrected chi connectivity index (χ4v) is 9.49. The zero-order chi connectivity index (χ0) is 57.8. The maximum Gasteiger partial charge on any atom is 0.471 e. The van der Waals surface area contributed by atoms with Crippen LogP contribution in [0.1, 0.15) is 63.5 Å². The zero-order valence-corrected chi connectivity index (χ0v) is 47.2. The van der Waals surface area contributed by atoms with Gasteiger partial charge in [0.05, 0.1) is 97.1 Å². The number of aromatic carboxylic acids is 1. The Labute approximate surface area is 486 Å². The average molecular weight is 1270 g/mol. The van der Waals surface area contributed by atoms with Gasteiger partial charge in [0.1, 0.15) is 0 Å². The molecule has 3 aliphatic rings. The molecule has 0 aliphatic carbocycles. The lowest BCUT2D eigenvalue weighted by Gasteiger charge is -2.27. The van der Waals surface area contributed by atoms with Gasteiger partial charge in [-0.15, -0.1) is 11.3 Å². The molecule has 0 unspecified atom stereocenters. The van der Waals surface area contributed by atoms with Crippen molar-refractivity contribution in [2.24, 2.45) is 0 Å². The molecule has 3 fully saturated rings. The lowest BCUT2D eigenvalue weighted by Crippen LogP contribution is -2.40. The maximum absolute atomic E-state index is 13.0. The van der Waals surface area contributed by atoms with Crippen LogP contribution in [-0.2, 0) is 33.4 Å². The average Bonchev–Trinajstić information content (AvgIpc) is 4.28. The second kappa shape index (κ2) is 29.6. The van der Waals surface area contributed by atoms with Gasteiger partial charge in [-0.3, -0.25) is 49.3 Å². The van der Waals surface area contributed by atoms with E-state index in [2.05, 4.69) is 86.4 Å². The van der Waals surface area contributed by atoms with Crippen LogP contribution < -0.4 is 4.90 Å². The minimum absolute atomic E-state index is 0.00629. The highest BCUT2D eigenvalue weighted by Gasteiger charge is 2.38. The van der Waals surface area contributed by atoms with Crippen molar-refractivity contribution in [3.63, 3.8) is 0 Å². The molecule has 0 spiro atoms. The standard InChI is InChI=1S/C22H18F3N7O3S.C15H16N4O2.C10H11BrN2O2.C6H4BrNO2/c23-22(24,25)21-29-19(30-35-21)17-2-1-16(36-17)13-32(18-12-26-3-4-28-18)15-9-14(10-27-11-15)20(33)31-5-7-34-8-6-31;20-15(19-3-5-21-6-4-19)13-7-12(9-17-10-13)8-14-11-16-1-2-18-14;11-9-5-8(6-12-7-9)10(14)13-1-3-15-4-2-13;7-5-1-4(6(9)10)2-8-3-5/h1-4,9-12H,5-8,13H2;1-2,7,9-11H,3-6,8H2;5-7H,1-4H2;1-3H,(H,9,10). The van der Waals surface area contributed by atoms with Crippen LogP contribution in [0.5, 0.6) is 0 Å². The molecule has 426 valence electrons. The summed E-state index contributed by atoms with van der Waals surface area (Å²) in [6.07, 6.45) is 18.1. The van der Waals surface area contributed by atoms with Crippen LogP contribution >= 0.6 is 43.2 Å². The summed E-state index contributed by atoms with van der Waals surface area (Å²) in [5, 5.41) is 11.9. The Hall–Kier alpha value is -8.09. The highest BCUT2D eigenvalue weighted by atomic mass is 79.9. The van der Waals surface area contributed by atoms with E-state index in [1.807, 2.05) is 11.0 Å². The molecule has 1 N–H and O–H groups in total. The highest BCUT2D eigenvalue weighted by Crippen LogP contribution is 2.34. The van der Waals surface area contributed by atoms with Crippen molar-refractivity contribution in [2.45, 2.75) is 19.1 Å². The van der Waals surface area contributed by atoms with Gasteiger partial charge in [0, 0.05) is 134 Å². The van der Waals surface area contributed by atoms with Crippen molar-refractivity contribution in [1.29, 1.82) is 0 Å². The van der Waals surface area contributed by atoms with Crippen LogP contribution in [0.4, 0.5) is 24.7 Å². The van der Waals surface area contributed by atoms with E-state index >= 15 is 0 Å². The Kier molecular flexibility index (Phi) is 21.6. The first-order chi connectivity index (χ1) is 39.7. The number of aromatic nitrogens is 10. The SMILES string of the molecule is O=C(O)c1cncc(Br)c1.O=C(c1cncc(Br)c1)N1CCOCC1.O=C(c1cncc(Cc2cnccn2)c1)N1CCOCC1.O=C(c1cncc(N(Cc2ccc(-c3noc(C(F)(F)F)n3)s2)c2cnccn2)c1)N1CCOCC1. The summed E-state index contributed by atoms with van der Waals surface area (Å²) in [4.78, 5) is 92.3. The summed E-state index contributed by atoms with van der Waals surface area (Å²) in [7, 11) is 0. The summed E-state index contributed by atoms with van der Waals surface area (Å²) in [6, 6.07) is 10.3. The number of amides is 3. The fraction of sp³-hybridized carbons (Fsp3) is 0.283. The number of rotatable bonds is 11. The molecule has 0 atom stereocenters. The molecular formula is C53H49Br2F3N14O9S. The number of hydrogen-bond acceptors (Lipinski definition) is 20. The van der Waals surface area contributed by atoms with Crippen LogP contribution in [0.15, 0.2) is 137 Å². The van der Waals surface area contributed by atoms with Gasteiger partial charge in [0.15, 0.2) is 5.82 Å². The number of pyridine rings is 4. The molecule has 0 bridgehead atoms. The monoisotopic (exact) mass is 1270 g/mol. The second-order valence-corrected chi connectivity index (χ2v) is 20.5. The van der Waals surface area contributed by atoms with Gasteiger partial charge >= 0.3 is 18.0 Å². The van der Waals surface area contributed by atoms with Gasteiger partial charge < -0.3 is 43.4 Å². The third-order valence-electron chi connectivity index (χ3n) is 11.8. The van der Waals surface area contributed by atoms with Crippen molar-refractivity contribution >= 4 is 78.4 Å². The Bertz CT molecular complexity index is 3390. The van der Waals surface area contributed by atoms with E-state index in [0.29, 0.717) is 123 Å². The Morgan fingerprint density at radius 2 is 1.11 bits per heavy atom. The van der Waals surface area contributed by atoms with Crippen LogP contribution in [0, 0.1) is 0 Å². The number of alkyl halides is 3. The van der Waals surface area contributed by atoms with Crippen LogP contribution in [0.3, 0.4) is 0 Å². The van der Waals surface area contributed by atoms with Crippen molar-refractivity contribution < 1.29 is 56.2 Å².